The second kappa shape index (κ2) is 6.12. The molecule has 22 heavy (non-hydrogen) atoms. The van der Waals surface area contributed by atoms with Gasteiger partial charge in [0.25, 0.3) is 5.91 Å². The van der Waals surface area contributed by atoms with Crippen molar-refractivity contribution in [3.8, 4) is 0 Å². The number of amides is 1. The van der Waals surface area contributed by atoms with Crippen molar-refractivity contribution in [2.24, 2.45) is 0 Å². The maximum Gasteiger partial charge on any atom is 0.263 e. The summed E-state index contributed by atoms with van der Waals surface area (Å²) in [6.07, 6.45) is 5.13. The highest BCUT2D eigenvalue weighted by Crippen LogP contribution is 2.24. The van der Waals surface area contributed by atoms with Crippen LogP contribution in [0.5, 0.6) is 0 Å². The van der Waals surface area contributed by atoms with Crippen molar-refractivity contribution in [3.63, 3.8) is 0 Å². The molecule has 1 aliphatic rings. The average Bonchev–Trinajstić information content (AvgIpc) is 3.10. The molecule has 0 radical (unpaired) electrons. The predicted octanol–water partition coefficient (Wildman–Crippen LogP) is 2.78. The minimum Gasteiger partial charge on any atom is -0.344 e. The van der Waals surface area contributed by atoms with E-state index >= 15 is 0 Å². The third-order valence-electron chi connectivity index (χ3n) is 3.78. The molecule has 0 bridgehead atoms. The minimum absolute atomic E-state index is 0.0917. The van der Waals surface area contributed by atoms with Crippen molar-refractivity contribution in [2.45, 2.75) is 52.5 Å². The molecule has 0 spiro atoms. The van der Waals surface area contributed by atoms with Gasteiger partial charge in [0.1, 0.15) is 10.7 Å². The van der Waals surface area contributed by atoms with E-state index in [-0.39, 0.29) is 5.91 Å². The van der Waals surface area contributed by atoms with E-state index in [4.69, 9.17) is 0 Å². The van der Waals surface area contributed by atoms with Gasteiger partial charge in [-0.3, -0.25) is 4.79 Å². The van der Waals surface area contributed by atoms with Crippen molar-refractivity contribution >= 4 is 17.2 Å². The zero-order valence-electron chi connectivity index (χ0n) is 13.1. The molecule has 1 aliphatic carbocycles. The number of aromatic nitrogens is 3. The zero-order chi connectivity index (χ0) is 15.7. The van der Waals surface area contributed by atoms with E-state index in [1.165, 1.54) is 16.9 Å². The van der Waals surface area contributed by atoms with Gasteiger partial charge < -0.3 is 5.32 Å². The summed E-state index contributed by atoms with van der Waals surface area (Å²) in [6.45, 7) is 6.40. The topological polar surface area (TPSA) is 67.8 Å². The van der Waals surface area contributed by atoms with Crippen LogP contribution >= 0.6 is 11.3 Å². The lowest BCUT2D eigenvalue weighted by Crippen LogP contribution is -2.24. The number of carbonyl (C=O) groups excluding carboxylic acids is 1. The lowest BCUT2D eigenvalue weighted by molar-refractivity contribution is 0.0953. The first kappa shape index (κ1) is 15.1. The zero-order valence-corrected chi connectivity index (χ0v) is 14.0. The number of hydrogen-bond acceptors (Lipinski definition) is 5. The van der Waals surface area contributed by atoms with E-state index in [0.717, 1.165) is 35.7 Å². The lowest BCUT2D eigenvalue weighted by atomic mass is 10.2. The van der Waals surface area contributed by atoms with E-state index in [2.05, 4.69) is 34.1 Å². The summed E-state index contributed by atoms with van der Waals surface area (Å²) in [5.74, 6) is 0.927. The van der Waals surface area contributed by atoms with Gasteiger partial charge in [-0.25, -0.2) is 15.0 Å². The number of fused-ring (bicyclic) bond motifs is 1. The molecule has 0 aliphatic heterocycles. The highest BCUT2D eigenvalue weighted by molar-refractivity contribution is 7.13. The van der Waals surface area contributed by atoms with Crippen molar-refractivity contribution in [1.29, 1.82) is 0 Å². The van der Waals surface area contributed by atoms with Crippen LogP contribution in [-0.2, 0) is 19.4 Å². The van der Waals surface area contributed by atoms with Crippen molar-refractivity contribution in [2.75, 3.05) is 0 Å². The van der Waals surface area contributed by atoms with Crippen LogP contribution in [0.3, 0.4) is 0 Å². The van der Waals surface area contributed by atoms with Crippen molar-refractivity contribution < 1.29 is 4.79 Å². The van der Waals surface area contributed by atoms with Gasteiger partial charge in [-0.15, -0.1) is 11.3 Å². The van der Waals surface area contributed by atoms with Crippen molar-refractivity contribution in [3.05, 3.63) is 38.9 Å². The van der Waals surface area contributed by atoms with Crippen LogP contribution in [0.2, 0.25) is 0 Å². The molecule has 6 heteroatoms. The van der Waals surface area contributed by atoms with Crippen LogP contribution in [0.25, 0.3) is 0 Å². The molecule has 0 aromatic carbocycles. The average molecular weight is 316 g/mol. The Kier molecular flexibility index (Phi) is 4.20. The summed E-state index contributed by atoms with van der Waals surface area (Å²) in [4.78, 5) is 26.3. The molecular formula is C16H20N4OS. The maximum atomic E-state index is 12.3. The molecule has 0 saturated carbocycles. The molecule has 0 saturated heterocycles. The van der Waals surface area contributed by atoms with E-state index in [1.54, 1.807) is 0 Å². The molecular weight excluding hydrogens is 296 g/mol. The Hall–Kier alpha value is -1.82. The quantitative estimate of drug-likeness (QED) is 0.942. The van der Waals surface area contributed by atoms with Crippen LogP contribution < -0.4 is 5.32 Å². The van der Waals surface area contributed by atoms with Crippen LogP contribution in [0, 0.1) is 6.92 Å². The highest BCUT2D eigenvalue weighted by atomic mass is 32.1. The fourth-order valence-electron chi connectivity index (χ4n) is 2.55. The van der Waals surface area contributed by atoms with Crippen LogP contribution in [-0.4, -0.2) is 20.9 Å². The SMILES string of the molecule is Cc1nc(C(C)C)sc1C(=O)NCc1ncc2c(n1)CCC2. The first-order valence-electron chi connectivity index (χ1n) is 7.63. The summed E-state index contributed by atoms with van der Waals surface area (Å²) >= 11 is 1.47. The highest BCUT2D eigenvalue weighted by Gasteiger charge is 2.18. The van der Waals surface area contributed by atoms with Gasteiger partial charge in [0.15, 0.2) is 0 Å². The van der Waals surface area contributed by atoms with Gasteiger partial charge in [-0.1, -0.05) is 13.8 Å². The van der Waals surface area contributed by atoms with Gasteiger partial charge in [-0.2, -0.15) is 0 Å². The van der Waals surface area contributed by atoms with Gasteiger partial charge in [0.05, 0.1) is 17.2 Å². The predicted molar refractivity (Wildman–Crippen MR) is 86.2 cm³/mol. The number of hydrogen-bond donors (Lipinski definition) is 1. The number of nitrogens with zero attached hydrogens (tertiary/aromatic N) is 3. The molecule has 5 nitrogen and oxygen atoms in total. The summed E-state index contributed by atoms with van der Waals surface area (Å²) < 4.78 is 0. The standard InChI is InChI=1S/C16H20N4OS/c1-9(2)16-19-10(3)14(22-16)15(21)18-8-13-17-7-11-5-4-6-12(11)20-13/h7,9H,4-6,8H2,1-3H3,(H,18,21). The summed E-state index contributed by atoms with van der Waals surface area (Å²) in [6, 6.07) is 0. The van der Waals surface area contributed by atoms with Gasteiger partial charge in [0.2, 0.25) is 0 Å². The first-order valence-corrected chi connectivity index (χ1v) is 8.45. The number of carbonyl (C=O) groups is 1. The first-order chi connectivity index (χ1) is 10.5. The fourth-order valence-corrected chi connectivity index (χ4v) is 3.54. The Morgan fingerprint density at radius 2 is 2.18 bits per heavy atom. The summed E-state index contributed by atoms with van der Waals surface area (Å²) in [5, 5.41) is 3.90. The van der Waals surface area contributed by atoms with E-state index < -0.39 is 0 Å². The second-order valence-electron chi connectivity index (χ2n) is 5.92. The van der Waals surface area contributed by atoms with Crippen molar-refractivity contribution in [1.82, 2.24) is 20.3 Å². The normalized spacial score (nSPS) is 13.5. The van der Waals surface area contributed by atoms with E-state index in [0.29, 0.717) is 23.2 Å². The van der Waals surface area contributed by atoms with E-state index in [9.17, 15) is 4.79 Å². The van der Waals surface area contributed by atoms with E-state index in [1.807, 2.05) is 13.1 Å². The number of aryl methyl sites for hydroxylation is 3. The van der Waals surface area contributed by atoms with Crippen LogP contribution in [0.15, 0.2) is 6.20 Å². The summed E-state index contributed by atoms with van der Waals surface area (Å²) in [5.41, 5.74) is 3.17. The van der Waals surface area contributed by atoms with Crippen LogP contribution in [0.4, 0.5) is 0 Å². The monoisotopic (exact) mass is 316 g/mol. The number of nitrogens with one attached hydrogen (secondary N) is 1. The summed E-state index contributed by atoms with van der Waals surface area (Å²) in [7, 11) is 0. The lowest BCUT2D eigenvalue weighted by Gasteiger charge is -2.05. The maximum absolute atomic E-state index is 12.3. The van der Waals surface area contributed by atoms with Crippen LogP contribution in [0.1, 0.15) is 63.6 Å². The third kappa shape index (κ3) is 3.02. The Balaban J connectivity index is 1.67. The molecule has 1 N–H and O–H groups in total. The Morgan fingerprint density at radius 3 is 2.91 bits per heavy atom. The Labute approximate surface area is 134 Å². The molecule has 0 unspecified atom stereocenters. The third-order valence-corrected chi connectivity index (χ3v) is 5.24. The molecule has 2 heterocycles. The molecule has 1 amide bonds. The largest absolute Gasteiger partial charge is 0.344 e. The molecule has 0 fully saturated rings. The molecule has 3 rings (SSSR count). The smallest absolute Gasteiger partial charge is 0.263 e. The number of rotatable bonds is 4. The molecule has 2 aromatic rings. The minimum atomic E-state index is -0.0917. The molecule has 2 aromatic heterocycles. The van der Waals surface area contributed by atoms with Gasteiger partial charge >= 0.3 is 0 Å². The molecule has 116 valence electrons. The Morgan fingerprint density at radius 1 is 1.36 bits per heavy atom. The van der Waals surface area contributed by atoms with Gasteiger partial charge in [0, 0.05) is 17.8 Å². The second-order valence-corrected chi connectivity index (χ2v) is 6.95. The number of thiazole rings is 1. The molecule has 0 atom stereocenters. The van der Waals surface area contributed by atoms with Gasteiger partial charge in [-0.05, 0) is 31.7 Å². The fraction of sp³-hybridized carbons (Fsp3) is 0.500. The Bertz CT molecular complexity index is 708.